The number of hydrogen-bond acceptors (Lipinski definition) is 4. The number of carbonyl (C=O) groups excluding carboxylic acids is 1. The first-order valence-electron chi connectivity index (χ1n) is 7.34. The molecule has 0 aliphatic carbocycles. The third-order valence-corrected chi connectivity index (χ3v) is 3.93. The van der Waals surface area contributed by atoms with Crippen LogP contribution >= 0.6 is 0 Å². The summed E-state index contributed by atoms with van der Waals surface area (Å²) in [5.41, 5.74) is 8.47. The molecule has 1 aliphatic heterocycles. The van der Waals surface area contributed by atoms with Crippen LogP contribution in [0.3, 0.4) is 0 Å². The van der Waals surface area contributed by atoms with Crippen LogP contribution in [0, 0.1) is 0 Å². The van der Waals surface area contributed by atoms with Crippen molar-refractivity contribution in [3.8, 4) is 5.75 Å². The number of nitrogens with two attached hydrogens (primary N) is 1. The summed E-state index contributed by atoms with van der Waals surface area (Å²) in [7, 11) is 1.82. The van der Waals surface area contributed by atoms with Crippen LogP contribution in [0.15, 0.2) is 42.7 Å². The van der Waals surface area contributed by atoms with Gasteiger partial charge in [0.1, 0.15) is 12.4 Å². The highest BCUT2D eigenvalue weighted by Crippen LogP contribution is 2.35. The second kappa shape index (κ2) is 6.15. The fraction of sp³-hybridized carbons (Fsp3) is 0.294. The molecule has 0 saturated carbocycles. The average Bonchev–Trinajstić information content (AvgIpc) is 2.56. The number of aromatic nitrogens is 1. The lowest BCUT2D eigenvalue weighted by Crippen LogP contribution is -2.37. The van der Waals surface area contributed by atoms with Crippen LogP contribution in [0.1, 0.15) is 17.0 Å². The fourth-order valence-electron chi connectivity index (χ4n) is 2.81. The summed E-state index contributed by atoms with van der Waals surface area (Å²) in [6.45, 7) is 0.884. The standard InChI is InChI=1S/C17H19N3O2/c1-20-16-5-3-2-4-12(16)9-15(17(20)21)13-8-14(11-19-10-13)22-7-6-18/h2-5,8,10-11,15H,6-7,9,18H2,1H3. The minimum Gasteiger partial charge on any atom is -0.491 e. The zero-order valence-electron chi connectivity index (χ0n) is 12.5. The van der Waals surface area contributed by atoms with Crippen LogP contribution in [0.25, 0.3) is 0 Å². The molecule has 1 aliphatic rings. The quantitative estimate of drug-likeness (QED) is 0.933. The van der Waals surface area contributed by atoms with Crippen molar-refractivity contribution in [1.29, 1.82) is 0 Å². The Labute approximate surface area is 129 Å². The molecule has 2 N–H and O–H groups in total. The number of nitrogens with zero attached hydrogens (tertiary/aromatic N) is 2. The molecule has 2 aromatic rings. The summed E-state index contributed by atoms with van der Waals surface area (Å²) in [5, 5.41) is 0. The number of amides is 1. The van der Waals surface area contributed by atoms with E-state index in [2.05, 4.69) is 11.1 Å². The Kier molecular flexibility index (Phi) is 4.06. The molecule has 1 aromatic heterocycles. The molecular weight excluding hydrogens is 278 g/mol. The zero-order valence-corrected chi connectivity index (χ0v) is 12.5. The van der Waals surface area contributed by atoms with Crippen molar-refractivity contribution < 1.29 is 9.53 Å². The van der Waals surface area contributed by atoms with Crippen molar-refractivity contribution in [1.82, 2.24) is 4.98 Å². The molecule has 1 amide bonds. The number of para-hydroxylation sites is 1. The van der Waals surface area contributed by atoms with Gasteiger partial charge in [-0.2, -0.15) is 0 Å². The van der Waals surface area contributed by atoms with E-state index in [1.54, 1.807) is 17.3 Å². The minimum atomic E-state index is -0.228. The Hall–Kier alpha value is -2.40. The predicted molar refractivity (Wildman–Crippen MR) is 85.1 cm³/mol. The van der Waals surface area contributed by atoms with Gasteiger partial charge in [0.15, 0.2) is 0 Å². The molecular formula is C17H19N3O2. The Bertz CT molecular complexity index is 687. The largest absolute Gasteiger partial charge is 0.491 e. The Morgan fingerprint density at radius 2 is 2.18 bits per heavy atom. The highest BCUT2D eigenvalue weighted by Gasteiger charge is 2.31. The molecule has 1 aromatic carbocycles. The van der Waals surface area contributed by atoms with Gasteiger partial charge in [-0.05, 0) is 29.7 Å². The van der Waals surface area contributed by atoms with E-state index in [-0.39, 0.29) is 11.8 Å². The molecule has 0 saturated heterocycles. The van der Waals surface area contributed by atoms with Crippen molar-refractivity contribution in [2.24, 2.45) is 5.73 Å². The Morgan fingerprint density at radius 3 is 3.00 bits per heavy atom. The number of likely N-dealkylation sites (N-methyl/N-ethyl adjacent to an activating group) is 1. The molecule has 0 bridgehead atoms. The maximum Gasteiger partial charge on any atom is 0.234 e. The van der Waals surface area contributed by atoms with E-state index < -0.39 is 0 Å². The predicted octanol–water partition coefficient (Wildman–Crippen LogP) is 1.72. The maximum absolute atomic E-state index is 12.7. The summed E-state index contributed by atoms with van der Waals surface area (Å²) >= 11 is 0. The normalized spacial score (nSPS) is 17.3. The second-order valence-corrected chi connectivity index (χ2v) is 5.37. The first-order chi connectivity index (χ1) is 10.7. The molecule has 114 valence electrons. The Morgan fingerprint density at radius 1 is 1.36 bits per heavy atom. The monoisotopic (exact) mass is 297 g/mol. The third kappa shape index (κ3) is 2.67. The number of ether oxygens (including phenoxy) is 1. The molecule has 1 unspecified atom stereocenters. The lowest BCUT2D eigenvalue weighted by molar-refractivity contribution is -0.120. The fourth-order valence-corrected chi connectivity index (χ4v) is 2.81. The van der Waals surface area contributed by atoms with E-state index in [0.717, 1.165) is 11.3 Å². The number of fused-ring (bicyclic) bond motifs is 1. The number of anilines is 1. The van der Waals surface area contributed by atoms with Crippen molar-refractivity contribution in [2.75, 3.05) is 25.1 Å². The lowest BCUT2D eigenvalue weighted by atomic mass is 9.87. The maximum atomic E-state index is 12.7. The van der Waals surface area contributed by atoms with Gasteiger partial charge in [0.05, 0.1) is 12.1 Å². The highest BCUT2D eigenvalue weighted by molar-refractivity contribution is 6.00. The number of benzene rings is 1. The van der Waals surface area contributed by atoms with Gasteiger partial charge in [0, 0.05) is 25.5 Å². The van der Waals surface area contributed by atoms with Gasteiger partial charge in [0.25, 0.3) is 0 Å². The van der Waals surface area contributed by atoms with Crippen LogP contribution < -0.4 is 15.4 Å². The van der Waals surface area contributed by atoms with E-state index in [1.807, 2.05) is 31.3 Å². The zero-order chi connectivity index (χ0) is 15.5. The molecule has 5 heteroatoms. The third-order valence-electron chi connectivity index (χ3n) is 3.93. The highest BCUT2D eigenvalue weighted by atomic mass is 16.5. The Balaban J connectivity index is 1.91. The smallest absolute Gasteiger partial charge is 0.234 e. The molecule has 22 heavy (non-hydrogen) atoms. The van der Waals surface area contributed by atoms with Crippen molar-refractivity contribution >= 4 is 11.6 Å². The van der Waals surface area contributed by atoms with E-state index in [4.69, 9.17) is 10.5 Å². The molecule has 0 spiro atoms. The van der Waals surface area contributed by atoms with Crippen LogP contribution in [-0.4, -0.2) is 31.1 Å². The summed E-state index contributed by atoms with van der Waals surface area (Å²) in [4.78, 5) is 18.6. The lowest BCUT2D eigenvalue weighted by Gasteiger charge is -2.31. The number of carbonyl (C=O) groups is 1. The summed E-state index contributed by atoms with van der Waals surface area (Å²) in [6, 6.07) is 9.87. The molecule has 0 radical (unpaired) electrons. The SMILES string of the molecule is CN1C(=O)C(c2cncc(OCCN)c2)Cc2ccccc21. The second-order valence-electron chi connectivity index (χ2n) is 5.37. The van der Waals surface area contributed by atoms with Crippen LogP contribution in [0.5, 0.6) is 5.75 Å². The number of pyridine rings is 1. The van der Waals surface area contributed by atoms with Crippen molar-refractivity contribution in [3.05, 3.63) is 53.9 Å². The molecule has 3 rings (SSSR count). The number of hydrogen-bond donors (Lipinski definition) is 1. The summed E-state index contributed by atoms with van der Waals surface area (Å²) in [6.07, 6.45) is 4.06. The van der Waals surface area contributed by atoms with Crippen molar-refractivity contribution in [3.63, 3.8) is 0 Å². The molecule has 5 nitrogen and oxygen atoms in total. The van der Waals surface area contributed by atoms with Gasteiger partial charge in [-0.1, -0.05) is 18.2 Å². The first-order valence-corrected chi connectivity index (χ1v) is 7.34. The van der Waals surface area contributed by atoms with Crippen LogP contribution in [0.4, 0.5) is 5.69 Å². The van der Waals surface area contributed by atoms with Crippen LogP contribution in [0.2, 0.25) is 0 Å². The van der Waals surface area contributed by atoms with Gasteiger partial charge >= 0.3 is 0 Å². The average molecular weight is 297 g/mol. The van der Waals surface area contributed by atoms with Gasteiger partial charge in [-0.25, -0.2) is 0 Å². The van der Waals surface area contributed by atoms with E-state index in [9.17, 15) is 4.79 Å². The molecule has 1 atom stereocenters. The molecule has 2 heterocycles. The summed E-state index contributed by atoms with van der Waals surface area (Å²) in [5.74, 6) is 0.502. The van der Waals surface area contributed by atoms with Gasteiger partial charge in [-0.15, -0.1) is 0 Å². The van der Waals surface area contributed by atoms with E-state index >= 15 is 0 Å². The van der Waals surface area contributed by atoms with E-state index in [1.165, 1.54) is 5.56 Å². The minimum absolute atomic E-state index is 0.0801. The topological polar surface area (TPSA) is 68.5 Å². The summed E-state index contributed by atoms with van der Waals surface area (Å²) < 4.78 is 5.51. The molecule has 0 fully saturated rings. The first kappa shape index (κ1) is 14.5. The van der Waals surface area contributed by atoms with Crippen molar-refractivity contribution in [2.45, 2.75) is 12.3 Å². The van der Waals surface area contributed by atoms with Gasteiger partial charge in [0.2, 0.25) is 5.91 Å². The number of rotatable bonds is 4. The van der Waals surface area contributed by atoms with Crippen LogP contribution in [-0.2, 0) is 11.2 Å². The van der Waals surface area contributed by atoms with E-state index in [0.29, 0.717) is 25.3 Å². The van der Waals surface area contributed by atoms with Gasteiger partial charge in [-0.3, -0.25) is 9.78 Å². The van der Waals surface area contributed by atoms with Gasteiger partial charge < -0.3 is 15.4 Å².